The molecular weight excluding hydrogens is 348 g/mol. The first-order valence-electron chi connectivity index (χ1n) is 10.6. The van der Waals surface area contributed by atoms with Crippen molar-refractivity contribution in [2.45, 2.75) is 45.1 Å². The molecule has 2 heterocycles. The number of aryl methyl sites for hydroxylation is 1. The van der Waals surface area contributed by atoms with Gasteiger partial charge in [0, 0.05) is 55.4 Å². The Morgan fingerprint density at radius 3 is 2.36 bits per heavy atom. The van der Waals surface area contributed by atoms with Crippen LogP contribution in [0.2, 0.25) is 0 Å². The number of anilines is 4. The van der Waals surface area contributed by atoms with E-state index >= 15 is 0 Å². The van der Waals surface area contributed by atoms with Crippen molar-refractivity contribution in [1.82, 2.24) is 14.9 Å². The van der Waals surface area contributed by atoms with Crippen LogP contribution in [0.15, 0.2) is 30.3 Å². The predicted octanol–water partition coefficient (Wildman–Crippen LogP) is 4.03. The van der Waals surface area contributed by atoms with Gasteiger partial charge in [0.1, 0.15) is 5.82 Å². The Balaban J connectivity index is 1.40. The van der Waals surface area contributed by atoms with E-state index in [0.29, 0.717) is 6.04 Å². The maximum absolute atomic E-state index is 4.69. The second kappa shape index (κ2) is 8.78. The second-order valence-electron chi connectivity index (χ2n) is 8.16. The van der Waals surface area contributed by atoms with Gasteiger partial charge in [-0.1, -0.05) is 19.3 Å². The normalized spacial score (nSPS) is 18.9. The highest BCUT2D eigenvalue weighted by Crippen LogP contribution is 2.24. The summed E-state index contributed by atoms with van der Waals surface area (Å²) in [7, 11) is 2.19. The van der Waals surface area contributed by atoms with E-state index < -0.39 is 0 Å². The minimum atomic E-state index is 0.506. The third kappa shape index (κ3) is 4.93. The zero-order valence-corrected chi connectivity index (χ0v) is 17.1. The van der Waals surface area contributed by atoms with E-state index in [0.717, 1.165) is 49.3 Å². The van der Waals surface area contributed by atoms with Crippen LogP contribution in [0.1, 0.15) is 37.8 Å². The van der Waals surface area contributed by atoms with Crippen molar-refractivity contribution in [2.75, 3.05) is 48.8 Å². The van der Waals surface area contributed by atoms with E-state index in [-0.39, 0.29) is 0 Å². The Kier molecular flexibility index (Phi) is 5.95. The first-order valence-corrected chi connectivity index (χ1v) is 10.6. The minimum Gasteiger partial charge on any atom is -0.369 e. The van der Waals surface area contributed by atoms with Gasteiger partial charge in [0.05, 0.1) is 0 Å². The number of nitrogens with zero attached hydrogens (tertiary/aromatic N) is 4. The van der Waals surface area contributed by atoms with Crippen LogP contribution in [0, 0.1) is 6.92 Å². The van der Waals surface area contributed by atoms with E-state index in [1.54, 1.807) is 0 Å². The molecule has 6 heteroatoms. The smallest absolute Gasteiger partial charge is 0.225 e. The van der Waals surface area contributed by atoms with E-state index in [2.05, 4.69) is 56.7 Å². The third-order valence-corrected chi connectivity index (χ3v) is 5.80. The molecule has 2 fully saturated rings. The molecule has 0 radical (unpaired) electrons. The molecule has 6 nitrogen and oxygen atoms in total. The molecule has 2 aliphatic rings. The number of hydrogen-bond acceptors (Lipinski definition) is 6. The lowest BCUT2D eigenvalue weighted by atomic mass is 9.96. The summed E-state index contributed by atoms with van der Waals surface area (Å²) in [6.45, 7) is 6.44. The fraction of sp³-hybridized carbons (Fsp3) is 0.545. The quantitative estimate of drug-likeness (QED) is 0.817. The van der Waals surface area contributed by atoms with Crippen molar-refractivity contribution in [2.24, 2.45) is 0 Å². The lowest BCUT2D eigenvalue weighted by Gasteiger charge is -2.34. The molecule has 0 spiro atoms. The minimum absolute atomic E-state index is 0.506. The molecule has 0 amide bonds. The summed E-state index contributed by atoms with van der Waals surface area (Å²) in [5.41, 5.74) is 3.32. The first-order chi connectivity index (χ1) is 13.7. The van der Waals surface area contributed by atoms with E-state index in [1.807, 2.05) is 13.0 Å². The van der Waals surface area contributed by atoms with Crippen molar-refractivity contribution < 1.29 is 0 Å². The summed E-state index contributed by atoms with van der Waals surface area (Å²) in [5.74, 6) is 1.58. The van der Waals surface area contributed by atoms with Crippen molar-refractivity contribution in [3.63, 3.8) is 0 Å². The number of aromatic nitrogens is 2. The van der Waals surface area contributed by atoms with Crippen molar-refractivity contribution in [1.29, 1.82) is 0 Å². The molecule has 1 saturated carbocycles. The van der Waals surface area contributed by atoms with Gasteiger partial charge in [-0.2, -0.15) is 4.98 Å². The molecule has 2 N–H and O–H groups in total. The van der Waals surface area contributed by atoms with Crippen molar-refractivity contribution in [3.8, 4) is 0 Å². The molecule has 4 rings (SSSR count). The van der Waals surface area contributed by atoms with Gasteiger partial charge in [-0.3, -0.25) is 0 Å². The molecule has 1 aromatic heterocycles. The molecule has 0 atom stereocenters. The maximum Gasteiger partial charge on any atom is 0.225 e. The van der Waals surface area contributed by atoms with Crippen LogP contribution in [-0.2, 0) is 0 Å². The van der Waals surface area contributed by atoms with Gasteiger partial charge in [0.25, 0.3) is 0 Å². The molecule has 2 aromatic rings. The van der Waals surface area contributed by atoms with Gasteiger partial charge < -0.3 is 20.4 Å². The molecule has 28 heavy (non-hydrogen) atoms. The Bertz CT molecular complexity index is 761. The van der Waals surface area contributed by atoms with Crippen molar-refractivity contribution >= 4 is 23.1 Å². The summed E-state index contributed by atoms with van der Waals surface area (Å²) in [4.78, 5) is 14.1. The molecule has 1 aliphatic carbocycles. The molecule has 1 aliphatic heterocycles. The molecular formula is C22H32N6. The lowest BCUT2D eigenvalue weighted by molar-refractivity contribution is 0.313. The van der Waals surface area contributed by atoms with Crippen LogP contribution < -0.4 is 15.5 Å². The Morgan fingerprint density at radius 2 is 1.64 bits per heavy atom. The summed E-state index contributed by atoms with van der Waals surface area (Å²) in [6.07, 6.45) is 6.38. The zero-order chi connectivity index (χ0) is 19.3. The number of likely N-dealkylation sites (N-methyl/N-ethyl adjacent to an activating group) is 1. The van der Waals surface area contributed by atoms with Crippen LogP contribution in [0.4, 0.5) is 23.1 Å². The SMILES string of the molecule is Cc1cc(Nc2ccc(N3CCN(C)CC3)cc2)nc(NC2CCCCC2)n1. The van der Waals surface area contributed by atoms with Gasteiger partial charge in [0.15, 0.2) is 0 Å². The Morgan fingerprint density at radius 1 is 0.929 bits per heavy atom. The summed E-state index contributed by atoms with van der Waals surface area (Å²) in [5, 5.41) is 6.97. The lowest BCUT2D eigenvalue weighted by Crippen LogP contribution is -2.44. The number of piperazine rings is 1. The van der Waals surface area contributed by atoms with E-state index in [1.165, 1.54) is 37.8 Å². The van der Waals surface area contributed by atoms with Crippen LogP contribution in [-0.4, -0.2) is 54.1 Å². The molecule has 0 unspecified atom stereocenters. The van der Waals surface area contributed by atoms with E-state index in [9.17, 15) is 0 Å². The maximum atomic E-state index is 4.69. The number of nitrogens with one attached hydrogen (secondary N) is 2. The zero-order valence-electron chi connectivity index (χ0n) is 17.1. The monoisotopic (exact) mass is 380 g/mol. The number of hydrogen-bond donors (Lipinski definition) is 2. The molecule has 1 saturated heterocycles. The van der Waals surface area contributed by atoms with Gasteiger partial charge in [-0.15, -0.1) is 0 Å². The van der Waals surface area contributed by atoms with Gasteiger partial charge in [-0.25, -0.2) is 4.98 Å². The van der Waals surface area contributed by atoms with Gasteiger partial charge >= 0.3 is 0 Å². The summed E-state index contributed by atoms with van der Waals surface area (Å²) in [6, 6.07) is 11.2. The number of benzene rings is 1. The molecule has 1 aromatic carbocycles. The largest absolute Gasteiger partial charge is 0.369 e. The van der Waals surface area contributed by atoms with Gasteiger partial charge in [-0.05, 0) is 51.1 Å². The Labute approximate surface area is 168 Å². The Hall–Kier alpha value is -2.34. The molecule has 150 valence electrons. The average molecular weight is 381 g/mol. The van der Waals surface area contributed by atoms with Crippen LogP contribution in [0.25, 0.3) is 0 Å². The van der Waals surface area contributed by atoms with Crippen LogP contribution >= 0.6 is 0 Å². The topological polar surface area (TPSA) is 56.3 Å². The highest BCUT2D eigenvalue weighted by Gasteiger charge is 2.15. The highest BCUT2D eigenvalue weighted by atomic mass is 15.2. The predicted molar refractivity (Wildman–Crippen MR) is 117 cm³/mol. The van der Waals surface area contributed by atoms with Crippen LogP contribution in [0.3, 0.4) is 0 Å². The average Bonchev–Trinajstić information content (AvgIpc) is 2.70. The summed E-state index contributed by atoms with van der Waals surface area (Å²) >= 11 is 0. The number of rotatable bonds is 5. The van der Waals surface area contributed by atoms with Crippen molar-refractivity contribution in [3.05, 3.63) is 36.0 Å². The van der Waals surface area contributed by atoms with Crippen LogP contribution in [0.5, 0.6) is 0 Å². The second-order valence-corrected chi connectivity index (χ2v) is 8.16. The highest BCUT2D eigenvalue weighted by molar-refractivity contribution is 5.61. The summed E-state index contributed by atoms with van der Waals surface area (Å²) < 4.78 is 0. The first kappa shape index (κ1) is 19.0. The van der Waals surface area contributed by atoms with E-state index in [4.69, 9.17) is 4.98 Å². The standard InChI is InChI=1S/C22H32N6/c1-17-16-21(26-22(23-17)25-18-6-4-3-5-7-18)24-19-8-10-20(11-9-19)28-14-12-27(2)13-15-28/h8-11,16,18H,3-7,12-15H2,1-2H3,(H2,23,24,25,26). The van der Waals surface area contributed by atoms with Gasteiger partial charge in [0.2, 0.25) is 5.95 Å². The fourth-order valence-corrected chi connectivity index (χ4v) is 4.09. The molecule has 0 bridgehead atoms. The fourth-order valence-electron chi connectivity index (χ4n) is 4.09. The third-order valence-electron chi connectivity index (χ3n) is 5.80.